The molecule has 0 saturated heterocycles. The van der Waals surface area contributed by atoms with Crippen molar-refractivity contribution < 1.29 is 14.3 Å². The Bertz CT molecular complexity index is 1170. The van der Waals surface area contributed by atoms with Gasteiger partial charge in [-0.05, 0) is 67.8 Å². The van der Waals surface area contributed by atoms with E-state index in [1.54, 1.807) is 6.07 Å². The van der Waals surface area contributed by atoms with E-state index in [1.807, 2.05) is 87.5 Å². The average Bonchev–Trinajstić information content (AvgIpc) is 3.01. The van der Waals surface area contributed by atoms with Crippen LogP contribution in [0.1, 0.15) is 23.6 Å². The third-order valence-corrected chi connectivity index (χ3v) is 5.40. The van der Waals surface area contributed by atoms with Gasteiger partial charge in [-0.1, -0.05) is 42.5 Å². The van der Waals surface area contributed by atoms with Crippen molar-refractivity contribution in [3.8, 4) is 5.75 Å². The maximum atomic E-state index is 13.6. The fourth-order valence-corrected chi connectivity index (χ4v) is 3.66. The van der Waals surface area contributed by atoms with Gasteiger partial charge in [-0.25, -0.2) is 4.90 Å². The van der Waals surface area contributed by atoms with Crippen molar-refractivity contribution in [2.45, 2.75) is 20.8 Å². The van der Waals surface area contributed by atoms with Crippen LogP contribution in [0.5, 0.6) is 5.75 Å². The predicted molar refractivity (Wildman–Crippen MR) is 123 cm³/mol. The molecule has 31 heavy (non-hydrogen) atoms. The number of carbonyl (C=O) groups excluding carboxylic acids is 2. The Morgan fingerprint density at radius 1 is 0.839 bits per heavy atom. The maximum Gasteiger partial charge on any atom is 0.282 e. The van der Waals surface area contributed by atoms with Crippen LogP contribution in [0, 0.1) is 13.8 Å². The molecule has 0 atom stereocenters. The van der Waals surface area contributed by atoms with Gasteiger partial charge in [0.05, 0.1) is 17.9 Å². The highest BCUT2D eigenvalue weighted by Crippen LogP contribution is 2.36. The number of aryl methyl sites for hydroxylation is 1. The summed E-state index contributed by atoms with van der Waals surface area (Å²) in [6.07, 6.45) is 0. The molecule has 1 heterocycles. The van der Waals surface area contributed by atoms with E-state index in [9.17, 15) is 9.59 Å². The summed E-state index contributed by atoms with van der Waals surface area (Å²) in [5, 5.41) is 3.18. The van der Waals surface area contributed by atoms with Crippen LogP contribution in [-0.4, -0.2) is 18.4 Å². The normalized spacial score (nSPS) is 13.7. The van der Waals surface area contributed by atoms with E-state index in [0.29, 0.717) is 29.2 Å². The van der Waals surface area contributed by atoms with Crippen LogP contribution < -0.4 is 15.0 Å². The van der Waals surface area contributed by atoms with E-state index in [2.05, 4.69) is 5.32 Å². The van der Waals surface area contributed by atoms with Crippen molar-refractivity contribution in [1.29, 1.82) is 0 Å². The lowest BCUT2D eigenvalue weighted by Gasteiger charge is -2.19. The molecule has 1 aliphatic heterocycles. The van der Waals surface area contributed by atoms with Gasteiger partial charge in [-0.2, -0.15) is 0 Å². The van der Waals surface area contributed by atoms with E-state index >= 15 is 0 Å². The van der Waals surface area contributed by atoms with Crippen molar-refractivity contribution >= 4 is 28.8 Å². The summed E-state index contributed by atoms with van der Waals surface area (Å²) < 4.78 is 5.52. The molecule has 0 aliphatic carbocycles. The number of amides is 2. The zero-order valence-electron chi connectivity index (χ0n) is 17.8. The van der Waals surface area contributed by atoms with Crippen LogP contribution in [0.4, 0.5) is 11.4 Å². The number of nitrogens with one attached hydrogen (secondary N) is 1. The second kappa shape index (κ2) is 8.48. The molecular formula is C26H24N2O3. The van der Waals surface area contributed by atoms with Crippen LogP contribution in [0.15, 0.2) is 78.5 Å². The summed E-state index contributed by atoms with van der Waals surface area (Å²) in [5.41, 5.74) is 4.53. The zero-order chi connectivity index (χ0) is 22.0. The summed E-state index contributed by atoms with van der Waals surface area (Å²) in [6, 6.07) is 22.3. The monoisotopic (exact) mass is 412 g/mol. The molecule has 0 spiro atoms. The van der Waals surface area contributed by atoms with Crippen molar-refractivity contribution in [3.05, 3.63) is 95.2 Å². The fourth-order valence-electron chi connectivity index (χ4n) is 3.66. The average molecular weight is 412 g/mol. The van der Waals surface area contributed by atoms with Crippen molar-refractivity contribution in [2.75, 3.05) is 16.8 Å². The Morgan fingerprint density at radius 2 is 1.55 bits per heavy atom. The molecule has 2 amide bonds. The molecule has 0 saturated carbocycles. The SMILES string of the molecule is CCOc1ccc(C2=C(Nc3ccccc3)C(=O)N(c3cccc(C)c3C)C2=O)cc1. The highest BCUT2D eigenvalue weighted by atomic mass is 16.5. The van der Waals surface area contributed by atoms with Gasteiger partial charge in [0.1, 0.15) is 11.4 Å². The summed E-state index contributed by atoms with van der Waals surface area (Å²) in [7, 11) is 0. The topological polar surface area (TPSA) is 58.6 Å². The Morgan fingerprint density at radius 3 is 2.23 bits per heavy atom. The lowest BCUT2D eigenvalue weighted by Crippen LogP contribution is -2.33. The number of carbonyl (C=O) groups is 2. The molecule has 0 fully saturated rings. The van der Waals surface area contributed by atoms with E-state index < -0.39 is 0 Å². The van der Waals surface area contributed by atoms with Gasteiger partial charge in [0.2, 0.25) is 0 Å². The molecule has 0 unspecified atom stereocenters. The predicted octanol–water partition coefficient (Wildman–Crippen LogP) is 5.10. The fraction of sp³-hybridized carbons (Fsp3) is 0.154. The van der Waals surface area contributed by atoms with Gasteiger partial charge in [-0.3, -0.25) is 9.59 Å². The first kappa shape index (κ1) is 20.4. The highest BCUT2D eigenvalue weighted by molar-refractivity contribution is 6.46. The standard InChI is InChI=1S/C26H24N2O3/c1-4-31-21-15-13-19(14-16-21)23-24(27-20-10-6-5-7-11-20)26(30)28(25(23)29)22-12-8-9-17(2)18(22)3/h5-16,27H,4H2,1-3H3. The van der Waals surface area contributed by atoms with Gasteiger partial charge in [0.15, 0.2) is 0 Å². The zero-order valence-corrected chi connectivity index (χ0v) is 17.8. The van der Waals surface area contributed by atoms with Crippen LogP contribution in [0.3, 0.4) is 0 Å². The summed E-state index contributed by atoms with van der Waals surface area (Å²) >= 11 is 0. The van der Waals surface area contributed by atoms with Gasteiger partial charge in [-0.15, -0.1) is 0 Å². The van der Waals surface area contributed by atoms with E-state index in [1.165, 1.54) is 4.90 Å². The third-order valence-electron chi connectivity index (χ3n) is 5.40. The van der Waals surface area contributed by atoms with Crippen molar-refractivity contribution in [3.63, 3.8) is 0 Å². The van der Waals surface area contributed by atoms with Crippen molar-refractivity contribution in [2.24, 2.45) is 0 Å². The number of imide groups is 1. The molecule has 156 valence electrons. The van der Waals surface area contributed by atoms with Crippen LogP contribution in [-0.2, 0) is 9.59 Å². The Balaban J connectivity index is 1.82. The lowest BCUT2D eigenvalue weighted by atomic mass is 10.0. The minimum Gasteiger partial charge on any atom is -0.494 e. The molecule has 1 aliphatic rings. The number of hydrogen-bond acceptors (Lipinski definition) is 4. The molecule has 0 radical (unpaired) electrons. The summed E-state index contributed by atoms with van der Waals surface area (Å²) in [5.74, 6) is 0.000282. The smallest absolute Gasteiger partial charge is 0.282 e. The number of anilines is 2. The molecule has 1 N–H and O–H groups in total. The molecule has 3 aromatic rings. The molecule has 4 rings (SSSR count). The first-order valence-corrected chi connectivity index (χ1v) is 10.3. The minimum atomic E-state index is -0.369. The first-order valence-electron chi connectivity index (χ1n) is 10.3. The van der Waals surface area contributed by atoms with Gasteiger partial charge >= 0.3 is 0 Å². The van der Waals surface area contributed by atoms with Gasteiger partial charge < -0.3 is 10.1 Å². The second-order valence-corrected chi connectivity index (χ2v) is 7.36. The second-order valence-electron chi connectivity index (χ2n) is 7.36. The number of para-hydroxylation sites is 1. The quantitative estimate of drug-likeness (QED) is 0.573. The Kier molecular flexibility index (Phi) is 5.58. The van der Waals surface area contributed by atoms with E-state index in [0.717, 1.165) is 16.8 Å². The summed E-state index contributed by atoms with van der Waals surface area (Å²) in [6.45, 7) is 6.36. The lowest BCUT2D eigenvalue weighted by molar-refractivity contribution is -0.120. The largest absolute Gasteiger partial charge is 0.494 e. The number of nitrogens with zero attached hydrogens (tertiary/aromatic N) is 1. The molecule has 5 nitrogen and oxygen atoms in total. The van der Waals surface area contributed by atoms with Gasteiger partial charge in [0.25, 0.3) is 11.8 Å². The van der Waals surface area contributed by atoms with E-state index in [-0.39, 0.29) is 17.5 Å². The van der Waals surface area contributed by atoms with Crippen LogP contribution in [0.2, 0.25) is 0 Å². The third kappa shape index (κ3) is 3.82. The Hall–Kier alpha value is -3.86. The van der Waals surface area contributed by atoms with E-state index in [4.69, 9.17) is 4.74 Å². The number of hydrogen-bond donors (Lipinski definition) is 1. The number of rotatable bonds is 6. The number of benzene rings is 3. The first-order chi connectivity index (χ1) is 15.0. The van der Waals surface area contributed by atoms with Crippen LogP contribution in [0.25, 0.3) is 5.57 Å². The molecule has 0 bridgehead atoms. The molecular weight excluding hydrogens is 388 g/mol. The minimum absolute atomic E-state index is 0.265. The van der Waals surface area contributed by atoms with Crippen LogP contribution >= 0.6 is 0 Å². The highest BCUT2D eigenvalue weighted by Gasteiger charge is 2.40. The summed E-state index contributed by atoms with van der Waals surface area (Å²) in [4.78, 5) is 28.3. The molecule has 5 heteroatoms. The molecule has 3 aromatic carbocycles. The Labute approximate surface area is 182 Å². The van der Waals surface area contributed by atoms with Gasteiger partial charge in [0, 0.05) is 5.69 Å². The number of ether oxygens (including phenoxy) is 1. The molecule has 0 aromatic heterocycles. The maximum absolute atomic E-state index is 13.6. The van der Waals surface area contributed by atoms with Crippen molar-refractivity contribution in [1.82, 2.24) is 0 Å².